The molecule has 1 atom stereocenters. The summed E-state index contributed by atoms with van der Waals surface area (Å²) in [7, 11) is 0. The molecule has 10 heteroatoms. The van der Waals surface area contributed by atoms with Gasteiger partial charge in [-0.05, 0) is 19.8 Å². The Kier molecular flexibility index (Phi) is 6.22. The Balaban J connectivity index is 3.27. The molecule has 1 heterocycles. The van der Waals surface area contributed by atoms with E-state index in [-0.39, 0.29) is 30.5 Å². The van der Waals surface area contributed by atoms with Crippen LogP contribution in [-0.4, -0.2) is 35.5 Å². The fourth-order valence-corrected chi connectivity index (χ4v) is 1.88. The Morgan fingerprint density at radius 3 is 2.42 bits per heavy atom. The molecule has 1 amide bonds. The van der Waals surface area contributed by atoms with Gasteiger partial charge in [0.15, 0.2) is 5.82 Å². The van der Waals surface area contributed by atoms with Crippen molar-refractivity contribution in [2.75, 3.05) is 11.9 Å². The van der Waals surface area contributed by atoms with Crippen LogP contribution >= 0.6 is 0 Å². The number of aryl methyl sites for hydroxylation is 1. The van der Waals surface area contributed by atoms with Crippen LogP contribution in [0.25, 0.3) is 0 Å². The molecule has 7 nitrogen and oxygen atoms in total. The van der Waals surface area contributed by atoms with E-state index in [2.05, 4.69) is 14.4 Å². The topological polar surface area (TPSA) is 93.5 Å². The Hall–Kier alpha value is -2.26. The maximum atomic E-state index is 13.7. The van der Waals surface area contributed by atoms with Crippen LogP contribution in [0.3, 0.4) is 0 Å². The molecule has 1 aromatic rings. The van der Waals surface area contributed by atoms with Gasteiger partial charge >= 0.3 is 17.8 Å². The van der Waals surface area contributed by atoms with Crippen molar-refractivity contribution >= 4 is 17.7 Å². The standard InChI is InChI=1S/C14H20F3N3O4/c1-5-23-12(22)13(14(15,16)17,19-11(21)6-8(2)3)18-10-7-9(4)24-20-10/h7-8H,5-6H2,1-4H3,(H,18,20)(H,19,21)/t13-/m0/s1. The summed E-state index contributed by atoms with van der Waals surface area (Å²) >= 11 is 0. The summed E-state index contributed by atoms with van der Waals surface area (Å²) < 4.78 is 50.3. The van der Waals surface area contributed by atoms with Crippen LogP contribution in [0, 0.1) is 12.8 Å². The van der Waals surface area contributed by atoms with Gasteiger partial charge in [-0.15, -0.1) is 0 Å². The van der Waals surface area contributed by atoms with Crippen molar-refractivity contribution in [1.82, 2.24) is 10.5 Å². The molecule has 0 fully saturated rings. The summed E-state index contributed by atoms with van der Waals surface area (Å²) in [6, 6.07) is 1.16. The van der Waals surface area contributed by atoms with Gasteiger partial charge < -0.3 is 19.9 Å². The number of nitrogens with zero attached hydrogens (tertiary/aromatic N) is 1. The van der Waals surface area contributed by atoms with E-state index in [1.165, 1.54) is 13.8 Å². The molecule has 0 aliphatic heterocycles. The first-order valence-electron chi connectivity index (χ1n) is 7.28. The first-order chi connectivity index (χ1) is 11.0. The highest BCUT2D eigenvalue weighted by Crippen LogP contribution is 2.33. The lowest BCUT2D eigenvalue weighted by atomic mass is 10.1. The first-order valence-corrected chi connectivity index (χ1v) is 7.28. The Labute approximate surface area is 136 Å². The summed E-state index contributed by atoms with van der Waals surface area (Å²) in [6.45, 7) is 5.85. The van der Waals surface area contributed by atoms with Gasteiger partial charge in [-0.3, -0.25) is 4.79 Å². The monoisotopic (exact) mass is 351 g/mol. The van der Waals surface area contributed by atoms with Gasteiger partial charge in [0.2, 0.25) is 5.91 Å². The fourth-order valence-electron chi connectivity index (χ4n) is 1.88. The lowest BCUT2D eigenvalue weighted by Gasteiger charge is -2.34. The van der Waals surface area contributed by atoms with Crippen molar-refractivity contribution < 1.29 is 32.0 Å². The highest BCUT2D eigenvalue weighted by Gasteiger charge is 2.64. The van der Waals surface area contributed by atoms with Gasteiger partial charge in [0, 0.05) is 12.5 Å². The van der Waals surface area contributed by atoms with Crippen LogP contribution < -0.4 is 10.6 Å². The van der Waals surface area contributed by atoms with E-state index in [4.69, 9.17) is 0 Å². The largest absolute Gasteiger partial charge is 0.463 e. The van der Waals surface area contributed by atoms with Crippen LogP contribution in [-0.2, 0) is 14.3 Å². The quantitative estimate of drug-likeness (QED) is 0.579. The van der Waals surface area contributed by atoms with E-state index in [1.54, 1.807) is 19.2 Å². The van der Waals surface area contributed by atoms with E-state index in [9.17, 15) is 22.8 Å². The third kappa shape index (κ3) is 4.62. The number of rotatable bonds is 7. The van der Waals surface area contributed by atoms with Crippen molar-refractivity contribution in [2.45, 2.75) is 46.0 Å². The average Bonchev–Trinajstić information content (AvgIpc) is 2.81. The lowest BCUT2D eigenvalue weighted by Crippen LogP contribution is -2.69. The number of anilines is 1. The van der Waals surface area contributed by atoms with Crippen molar-refractivity contribution in [2.24, 2.45) is 5.92 Å². The van der Waals surface area contributed by atoms with Crippen LogP contribution in [0.2, 0.25) is 0 Å². The van der Waals surface area contributed by atoms with E-state index >= 15 is 0 Å². The maximum absolute atomic E-state index is 13.7. The highest BCUT2D eigenvalue weighted by molar-refractivity contribution is 5.91. The van der Waals surface area contributed by atoms with Gasteiger partial charge in [-0.2, -0.15) is 13.2 Å². The SMILES string of the molecule is CCOC(=O)[C@@](NC(=O)CC(C)C)(Nc1cc(C)on1)C(F)(F)F. The van der Waals surface area contributed by atoms with Gasteiger partial charge in [0.25, 0.3) is 0 Å². The number of aromatic nitrogens is 1. The molecule has 0 spiro atoms. The Morgan fingerprint density at radius 1 is 1.38 bits per heavy atom. The summed E-state index contributed by atoms with van der Waals surface area (Å²) in [4.78, 5) is 24.0. The normalized spacial score (nSPS) is 14.2. The molecule has 1 rings (SSSR count). The summed E-state index contributed by atoms with van der Waals surface area (Å²) in [5, 5.41) is 7.00. The number of nitrogens with one attached hydrogen (secondary N) is 2. The number of esters is 1. The molecule has 0 aliphatic carbocycles. The Morgan fingerprint density at radius 2 is 2.00 bits per heavy atom. The van der Waals surface area contributed by atoms with Gasteiger partial charge in [-0.25, -0.2) is 4.79 Å². The van der Waals surface area contributed by atoms with Crippen molar-refractivity contribution in [3.05, 3.63) is 11.8 Å². The molecule has 0 bridgehead atoms. The van der Waals surface area contributed by atoms with Gasteiger partial charge in [0.1, 0.15) is 5.76 Å². The smallest absolute Gasteiger partial charge is 0.441 e. The predicted octanol–water partition coefficient (Wildman–Crippen LogP) is 2.38. The van der Waals surface area contributed by atoms with E-state index < -0.39 is 23.7 Å². The minimum atomic E-state index is -5.18. The van der Waals surface area contributed by atoms with Gasteiger partial charge in [-0.1, -0.05) is 19.0 Å². The first kappa shape index (κ1) is 19.8. The molecular weight excluding hydrogens is 331 g/mol. The number of hydrogen-bond donors (Lipinski definition) is 2. The highest BCUT2D eigenvalue weighted by atomic mass is 19.4. The number of carbonyl (C=O) groups is 2. The second-order valence-electron chi connectivity index (χ2n) is 5.56. The number of carbonyl (C=O) groups excluding carboxylic acids is 2. The minimum absolute atomic E-state index is 0.198. The van der Waals surface area contributed by atoms with Crippen molar-refractivity contribution in [1.29, 1.82) is 0 Å². The molecule has 2 N–H and O–H groups in total. The molecule has 0 aliphatic rings. The summed E-state index contributed by atoms with van der Waals surface area (Å²) in [5.41, 5.74) is -3.46. The van der Waals surface area contributed by atoms with E-state index in [1.807, 2.05) is 5.32 Å². The number of halogens is 3. The van der Waals surface area contributed by atoms with Gasteiger partial charge in [0.05, 0.1) is 6.61 Å². The molecule has 1 aromatic heterocycles. The van der Waals surface area contributed by atoms with Crippen LogP contribution in [0.15, 0.2) is 10.6 Å². The van der Waals surface area contributed by atoms with Crippen LogP contribution in [0.4, 0.5) is 19.0 Å². The van der Waals surface area contributed by atoms with E-state index in [0.717, 1.165) is 6.07 Å². The lowest BCUT2D eigenvalue weighted by molar-refractivity contribution is -0.208. The minimum Gasteiger partial charge on any atom is -0.463 e. The third-order valence-electron chi connectivity index (χ3n) is 2.87. The molecule has 0 aromatic carbocycles. The average molecular weight is 351 g/mol. The van der Waals surface area contributed by atoms with Crippen molar-refractivity contribution in [3.63, 3.8) is 0 Å². The number of amides is 1. The molecule has 0 unspecified atom stereocenters. The zero-order chi connectivity index (χ0) is 18.5. The Bertz CT molecular complexity index is 586. The molecule has 24 heavy (non-hydrogen) atoms. The molecular formula is C14H20F3N3O4. The predicted molar refractivity (Wildman–Crippen MR) is 77.9 cm³/mol. The number of alkyl halides is 3. The second kappa shape index (κ2) is 7.54. The number of hydrogen-bond acceptors (Lipinski definition) is 6. The van der Waals surface area contributed by atoms with Crippen molar-refractivity contribution in [3.8, 4) is 0 Å². The van der Waals surface area contributed by atoms with E-state index in [0.29, 0.717) is 0 Å². The summed E-state index contributed by atoms with van der Waals surface area (Å²) in [5.74, 6) is -2.97. The fraction of sp³-hybridized carbons (Fsp3) is 0.643. The molecule has 0 saturated heterocycles. The zero-order valence-corrected chi connectivity index (χ0v) is 13.8. The molecule has 0 saturated carbocycles. The second-order valence-corrected chi connectivity index (χ2v) is 5.56. The molecule has 136 valence electrons. The third-order valence-corrected chi connectivity index (χ3v) is 2.87. The molecule has 0 radical (unpaired) electrons. The summed E-state index contributed by atoms with van der Waals surface area (Å²) in [6.07, 6.45) is -5.38. The maximum Gasteiger partial charge on any atom is 0.441 e. The van der Waals surface area contributed by atoms with Crippen LogP contribution in [0.1, 0.15) is 33.0 Å². The number of ether oxygens (including phenoxy) is 1. The van der Waals surface area contributed by atoms with Crippen LogP contribution in [0.5, 0.6) is 0 Å². The zero-order valence-electron chi connectivity index (χ0n) is 13.8.